The zero-order valence-electron chi connectivity index (χ0n) is 13.3. The lowest BCUT2D eigenvalue weighted by atomic mass is 10.0. The molecule has 0 saturated carbocycles. The van der Waals surface area contributed by atoms with Crippen LogP contribution in [0.5, 0.6) is 11.5 Å². The van der Waals surface area contributed by atoms with Gasteiger partial charge in [0.1, 0.15) is 12.2 Å². The predicted molar refractivity (Wildman–Crippen MR) is 85.2 cm³/mol. The average molecular weight is 302 g/mol. The molecule has 1 aliphatic rings. The molecule has 0 spiro atoms. The third-order valence-corrected chi connectivity index (χ3v) is 3.15. The van der Waals surface area contributed by atoms with Gasteiger partial charge in [0.2, 0.25) is 0 Å². The van der Waals surface area contributed by atoms with Gasteiger partial charge in [0.05, 0.1) is 6.54 Å². The second kappa shape index (κ2) is 7.08. The van der Waals surface area contributed by atoms with Crippen molar-refractivity contribution in [2.45, 2.75) is 32.8 Å². The summed E-state index contributed by atoms with van der Waals surface area (Å²) in [7, 11) is 0. The van der Waals surface area contributed by atoms with Crippen molar-refractivity contribution in [3.05, 3.63) is 23.8 Å². The highest BCUT2D eigenvalue weighted by atomic mass is 16.5. The van der Waals surface area contributed by atoms with E-state index < -0.39 is 0 Å². The summed E-state index contributed by atoms with van der Waals surface area (Å²) in [6.07, 6.45) is 0.877. The quantitative estimate of drug-likeness (QED) is 0.837. The van der Waals surface area contributed by atoms with E-state index in [2.05, 4.69) is 42.4 Å². The van der Waals surface area contributed by atoms with Crippen LogP contribution in [0.1, 0.15) is 26.3 Å². The molecule has 5 nitrogen and oxygen atoms in total. The van der Waals surface area contributed by atoms with Crippen LogP contribution in [-0.4, -0.2) is 31.3 Å². The van der Waals surface area contributed by atoms with Crippen LogP contribution in [0.15, 0.2) is 18.2 Å². The summed E-state index contributed by atoms with van der Waals surface area (Å²) in [4.78, 5) is 11.1. The summed E-state index contributed by atoms with van der Waals surface area (Å²) >= 11 is 0. The van der Waals surface area contributed by atoms with Crippen molar-refractivity contribution in [2.24, 2.45) is 0 Å². The van der Waals surface area contributed by atoms with Crippen LogP contribution in [-0.2, 0) is 6.42 Å². The monoisotopic (exact) mass is 302 g/mol. The highest BCUT2D eigenvalue weighted by Crippen LogP contribution is 2.41. The summed E-state index contributed by atoms with van der Waals surface area (Å²) < 4.78 is 11.6. The molecule has 0 radical (unpaired) electrons. The maximum Gasteiger partial charge on any atom is 0.315 e. The van der Waals surface area contributed by atoms with Gasteiger partial charge in [0.25, 0.3) is 0 Å². The first kappa shape index (κ1) is 16.0. The van der Waals surface area contributed by atoms with E-state index in [0.29, 0.717) is 18.8 Å². The van der Waals surface area contributed by atoms with Crippen LogP contribution in [0.3, 0.4) is 0 Å². The van der Waals surface area contributed by atoms with Crippen molar-refractivity contribution in [1.29, 1.82) is 0 Å². The molecule has 1 heterocycles. The van der Waals surface area contributed by atoms with E-state index in [4.69, 9.17) is 9.47 Å². The molecule has 0 unspecified atom stereocenters. The number of fused-ring (bicyclic) bond motifs is 1. The number of hydrogen-bond donors (Lipinski definition) is 2. The normalized spacial score (nSPS) is 14.1. The molecule has 0 aliphatic carbocycles. The molecule has 5 heteroatoms. The maximum absolute atomic E-state index is 11.1. The predicted octanol–water partition coefficient (Wildman–Crippen LogP) is 2.10. The van der Waals surface area contributed by atoms with Crippen LogP contribution in [0.4, 0.5) is 4.79 Å². The number of carbonyl (C=O) groups is 1. The smallest absolute Gasteiger partial charge is 0.315 e. The molecule has 1 aliphatic heterocycles. The number of nitrogens with one attached hydrogen (secondary N) is 2. The third-order valence-electron chi connectivity index (χ3n) is 3.15. The van der Waals surface area contributed by atoms with Gasteiger partial charge in [0, 0.05) is 18.5 Å². The number of ether oxygens (including phenoxy) is 2. The first-order chi connectivity index (χ1) is 10.5. The summed E-state index contributed by atoms with van der Waals surface area (Å²) in [6, 6.07) is 5.69. The molecule has 2 rings (SSSR count). The van der Waals surface area contributed by atoms with Gasteiger partial charge in [-0.3, -0.25) is 0 Å². The molecular weight excluding hydrogens is 280 g/mol. The van der Waals surface area contributed by atoms with Crippen molar-refractivity contribution in [2.75, 3.05) is 19.7 Å². The first-order valence-electron chi connectivity index (χ1n) is 7.43. The molecule has 0 aromatic heterocycles. The zero-order chi connectivity index (χ0) is 16.0. The molecule has 2 N–H and O–H groups in total. The molecule has 0 saturated heterocycles. The highest BCUT2D eigenvalue weighted by molar-refractivity contribution is 5.73. The van der Waals surface area contributed by atoms with E-state index in [0.717, 1.165) is 17.7 Å². The second-order valence-electron chi connectivity index (χ2n) is 5.64. The van der Waals surface area contributed by atoms with E-state index in [9.17, 15) is 4.79 Å². The van der Waals surface area contributed by atoms with Crippen molar-refractivity contribution in [3.63, 3.8) is 0 Å². The summed E-state index contributed by atoms with van der Waals surface area (Å²) in [5, 5.41) is 5.26. The number of urea groups is 1. The Hall–Kier alpha value is -2.35. The Labute approximate surface area is 131 Å². The minimum Gasteiger partial charge on any atom is -0.483 e. The minimum absolute atomic E-state index is 0.190. The van der Waals surface area contributed by atoms with E-state index in [1.165, 1.54) is 0 Å². The topological polar surface area (TPSA) is 59.6 Å². The fraction of sp³-hybridized carbons (Fsp3) is 0.471. The fourth-order valence-corrected chi connectivity index (χ4v) is 2.28. The van der Waals surface area contributed by atoms with E-state index in [1.807, 2.05) is 19.1 Å². The molecule has 0 bridgehead atoms. The van der Waals surface area contributed by atoms with Crippen molar-refractivity contribution in [1.82, 2.24) is 10.6 Å². The van der Waals surface area contributed by atoms with Crippen LogP contribution >= 0.6 is 0 Å². The summed E-state index contributed by atoms with van der Waals surface area (Å²) in [5.41, 5.74) is 0.970. The van der Waals surface area contributed by atoms with Gasteiger partial charge in [-0.2, -0.15) is 0 Å². The molecule has 1 aromatic rings. The van der Waals surface area contributed by atoms with E-state index in [-0.39, 0.29) is 18.2 Å². The van der Waals surface area contributed by atoms with E-state index >= 15 is 0 Å². The first-order valence-corrected chi connectivity index (χ1v) is 7.43. The molecule has 0 fully saturated rings. The van der Waals surface area contributed by atoms with Gasteiger partial charge in [0.15, 0.2) is 11.5 Å². The van der Waals surface area contributed by atoms with Crippen LogP contribution in [0.25, 0.3) is 0 Å². The Morgan fingerprint density at radius 1 is 1.36 bits per heavy atom. The number of carbonyl (C=O) groups excluding carboxylic acids is 1. The van der Waals surface area contributed by atoms with E-state index in [1.54, 1.807) is 0 Å². The number of rotatable bonds is 4. The van der Waals surface area contributed by atoms with Crippen LogP contribution < -0.4 is 20.1 Å². The molecule has 1 aromatic carbocycles. The lowest BCUT2D eigenvalue weighted by Crippen LogP contribution is -2.35. The standard InChI is InChI=1S/C17H22N2O3/c1-4-18-16(20)19-10-5-6-11-21-14-9-7-8-13-12-17(2,3)22-15(13)14/h7-9H,4,10-12H2,1-3H3,(H2,18,19,20). The average Bonchev–Trinajstić information content (AvgIpc) is 2.77. The van der Waals surface area contributed by atoms with Crippen molar-refractivity contribution >= 4 is 6.03 Å². The Balaban J connectivity index is 1.82. The molecule has 2 amide bonds. The third kappa shape index (κ3) is 4.32. The van der Waals surface area contributed by atoms with Crippen molar-refractivity contribution in [3.8, 4) is 23.3 Å². The van der Waals surface area contributed by atoms with Crippen molar-refractivity contribution < 1.29 is 14.3 Å². The second-order valence-corrected chi connectivity index (χ2v) is 5.64. The van der Waals surface area contributed by atoms with Crippen LogP contribution in [0, 0.1) is 11.8 Å². The number of benzene rings is 1. The Morgan fingerprint density at radius 2 is 2.18 bits per heavy atom. The van der Waals surface area contributed by atoms with Gasteiger partial charge in [-0.05, 0) is 26.8 Å². The Bertz CT molecular complexity index is 600. The van der Waals surface area contributed by atoms with Crippen LogP contribution in [0.2, 0.25) is 0 Å². The summed E-state index contributed by atoms with van der Waals surface area (Å²) in [5.74, 6) is 7.25. The lowest BCUT2D eigenvalue weighted by Gasteiger charge is -2.17. The zero-order valence-corrected chi connectivity index (χ0v) is 13.3. The maximum atomic E-state index is 11.1. The molecule has 0 atom stereocenters. The van der Waals surface area contributed by atoms with Gasteiger partial charge in [-0.1, -0.05) is 24.0 Å². The minimum atomic E-state index is -0.214. The fourth-order valence-electron chi connectivity index (χ4n) is 2.28. The van der Waals surface area contributed by atoms with Gasteiger partial charge in [-0.15, -0.1) is 0 Å². The molecule has 22 heavy (non-hydrogen) atoms. The van der Waals surface area contributed by atoms with Gasteiger partial charge < -0.3 is 20.1 Å². The SMILES string of the molecule is CCNC(=O)NCC#CCOc1cccc2c1OC(C)(C)C2. The molecule has 118 valence electrons. The Morgan fingerprint density at radius 3 is 2.95 bits per heavy atom. The summed E-state index contributed by atoms with van der Waals surface area (Å²) in [6.45, 7) is 7.13. The highest BCUT2D eigenvalue weighted by Gasteiger charge is 2.32. The Kier molecular flexibility index (Phi) is 5.16. The number of hydrogen-bond acceptors (Lipinski definition) is 3. The molecular formula is C17H22N2O3. The number of amides is 2. The van der Waals surface area contributed by atoms with Gasteiger partial charge in [-0.25, -0.2) is 4.79 Å². The number of para-hydroxylation sites is 1. The van der Waals surface area contributed by atoms with Gasteiger partial charge >= 0.3 is 6.03 Å². The largest absolute Gasteiger partial charge is 0.483 e. The lowest BCUT2D eigenvalue weighted by molar-refractivity contribution is 0.133.